The van der Waals surface area contributed by atoms with Gasteiger partial charge in [-0.15, -0.1) is 11.3 Å². The fraction of sp³-hybridized carbons (Fsp3) is 0.309. The van der Waals surface area contributed by atoms with Crippen LogP contribution in [0.25, 0.3) is 37.6 Å². The third-order valence-electron chi connectivity index (χ3n) is 13.7. The molecule has 3 aliphatic rings. The lowest BCUT2D eigenvalue weighted by atomic mass is 9.36. The number of fused-ring (bicyclic) bond motifs is 11. The lowest BCUT2D eigenvalue weighted by Gasteiger charge is -2.45. The Bertz CT molecular complexity index is 3150. The van der Waals surface area contributed by atoms with Crippen LogP contribution in [0.15, 0.2) is 103 Å². The molecule has 3 aliphatic heterocycles. The van der Waals surface area contributed by atoms with Gasteiger partial charge in [-0.3, -0.25) is 0 Å². The summed E-state index contributed by atoms with van der Waals surface area (Å²) < 4.78 is 5.37. The summed E-state index contributed by atoms with van der Waals surface area (Å²) in [5.41, 5.74) is 21.1. The van der Waals surface area contributed by atoms with E-state index in [4.69, 9.17) is 0 Å². The number of aromatic nitrogens is 1. The highest BCUT2D eigenvalue weighted by molar-refractivity contribution is 7.33. The summed E-state index contributed by atoms with van der Waals surface area (Å²) in [5.74, 6) is 0. The molecular formula is C55H56BN3S. The Balaban J connectivity index is 1.28. The third-order valence-corrected chi connectivity index (χ3v) is 14.9. The molecule has 11 rings (SSSR count). The molecule has 0 amide bonds. The van der Waals surface area contributed by atoms with Crippen molar-refractivity contribution >= 4 is 99.8 Å². The fourth-order valence-corrected chi connectivity index (χ4v) is 11.7. The highest BCUT2D eigenvalue weighted by Crippen LogP contribution is 2.55. The zero-order valence-corrected chi connectivity index (χ0v) is 38.5. The molecule has 0 atom stereocenters. The van der Waals surface area contributed by atoms with Crippen LogP contribution in [0.2, 0.25) is 0 Å². The first-order valence-electron chi connectivity index (χ1n) is 21.9. The molecule has 5 heteroatoms. The van der Waals surface area contributed by atoms with Gasteiger partial charge in [0.25, 0.3) is 6.71 Å². The van der Waals surface area contributed by atoms with Crippen LogP contribution >= 0.6 is 11.3 Å². The Morgan fingerprint density at radius 2 is 1.07 bits per heavy atom. The van der Waals surface area contributed by atoms with Gasteiger partial charge in [0.05, 0.1) is 33.8 Å². The molecule has 6 aromatic carbocycles. The number of anilines is 6. The maximum Gasteiger partial charge on any atom is 0.264 e. The second-order valence-corrected chi connectivity index (χ2v) is 23.2. The van der Waals surface area contributed by atoms with Crippen molar-refractivity contribution in [2.75, 3.05) is 9.80 Å². The van der Waals surface area contributed by atoms with Gasteiger partial charge >= 0.3 is 0 Å². The van der Waals surface area contributed by atoms with Gasteiger partial charge in [-0.05, 0) is 134 Å². The molecule has 2 aromatic heterocycles. The molecule has 8 aromatic rings. The number of aryl methyl sites for hydroxylation is 1. The van der Waals surface area contributed by atoms with E-state index in [1.54, 1.807) is 0 Å². The van der Waals surface area contributed by atoms with Crippen molar-refractivity contribution in [1.29, 1.82) is 0 Å². The Morgan fingerprint density at radius 3 is 1.72 bits per heavy atom. The van der Waals surface area contributed by atoms with E-state index in [1.807, 2.05) is 11.3 Å². The SMILES string of the molecule is Cc1cc2c3c(c1)N1c4c(cccc4-n4c5ccc(C(C)(C)C)cc5c5cc(C(C)(C)C)cc1c54)B3c1sc3ccc(C(C)(C)C)cc3c1N2c1ccc(C(C)(C)C)cc1. The number of nitrogens with zero attached hydrogens (tertiary/aromatic N) is 3. The zero-order chi connectivity index (χ0) is 42.2. The number of benzene rings is 6. The molecule has 0 unspecified atom stereocenters. The van der Waals surface area contributed by atoms with Crippen LogP contribution in [0, 0.1) is 6.92 Å². The van der Waals surface area contributed by atoms with Crippen LogP contribution in [-0.2, 0) is 21.7 Å². The lowest BCUT2D eigenvalue weighted by Crippen LogP contribution is -2.61. The zero-order valence-electron chi connectivity index (χ0n) is 37.6. The van der Waals surface area contributed by atoms with E-state index < -0.39 is 0 Å². The molecule has 0 fully saturated rings. The van der Waals surface area contributed by atoms with Crippen LogP contribution in [0.4, 0.5) is 34.1 Å². The number of para-hydroxylation sites is 1. The summed E-state index contributed by atoms with van der Waals surface area (Å²) in [4.78, 5) is 5.30. The molecule has 0 aliphatic carbocycles. The minimum absolute atomic E-state index is 0.0280. The fourth-order valence-electron chi connectivity index (χ4n) is 10.4. The van der Waals surface area contributed by atoms with Crippen molar-refractivity contribution < 1.29 is 0 Å². The first kappa shape index (κ1) is 37.7. The van der Waals surface area contributed by atoms with E-state index >= 15 is 0 Å². The molecule has 0 saturated carbocycles. The van der Waals surface area contributed by atoms with E-state index in [1.165, 1.54) is 115 Å². The van der Waals surface area contributed by atoms with Crippen molar-refractivity contribution in [3.05, 3.63) is 131 Å². The van der Waals surface area contributed by atoms with E-state index in [9.17, 15) is 0 Å². The maximum atomic E-state index is 2.67. The third kappa shape index (κ3) is 5.20. The lowest BCUT2D eigenvalue weighted by molar-refractivity contribution is 0.590. The predicted octanol–water partition coefficient (Wildman–Crippen LogP) is 13.9. The molecule has 0 bridgehead atoms. The van der Waals surface area contributed by atoms with Gasteiger partial charge in [0.15, 0.2) is 0 Å². The molecule has 3 nitrogen and oxygen atoms in total. The van der Waals surface area contributed by atoms with Gasteiger partial charge in [0.2, 0.25) is 0 Å². The highest BCUT2D eigenvalue weighted by atomic mass is 32.1. The van der Waals surface area contributed by atoms with Crippen molar-refractivity contribution in [3.8, 4) is 5.69 Å². The Hall–Kier alpha value is -5.26. The molecular weight excluding hydrogens is 746 g/mol. The molecule has 0 radical (unpaired) electrons. The summed E-state index contributed by atoms with van der Waals surface area (Å²) in [6, 6.07) is 41.0. The summed E-state index contributed by atoms with van der Waals surface area (Å²) in [5, 5.41) is 4.01. The van der Waals surface area contributed by atoms with Gasteiger partial charge in [-0.25, -0.2) is 0 Å². The number of hydrogen-bond donors (Lipinski definition) is 0. The largest absolute Gasteiger partial charge is 0.310 e. The topological polar surface area (TPSA) is 11.4 Å². The average Bonchev–Trinajstić information content (AvgIpc) is 3.71. The maximum absolute atomic E-state index is 2.67. The standard InChI is InChI=1S/C55H56BN3S/c1-31-25-43-47-44(26-31)59-45-30-35(55(11,12)13)29-38-37-27-33(53(5,6)7)19-23-41(37)58(48(38)45)42-16-14-15-40(50(42)59)56(47)51-49(39-28-34(54(8,9)10)20-24-46(39)60-51)57(43)36-21-17-32(18-22-36)52(2,3)4/h14-30H,1-13H3. The van der Waals surface area contributed by atoms with E-state index in [0.29, 0.717) is 0 Å². The first-order valence-corrected chi connectivity index (χ1v) is 22.7. The minimum atomic E-state index is -0.0429. The summed E-state index contributed by atoms with van der Waals surface area (Å²) in [6.07, 6.45) is 0. The Morgan fingerprint density at radius 1 is 0.483 bits per heavy atom. The number of hydrogen-bond acceptors (Lipinski definition) is 3. The molecule has 300 valence electrons. The van der Waals surface area contributed by atoms with E-state index in [0.717, 1.165) is 0 Å². The molecule has 0 spiro atoms. The Labute approximate surface area is 360 Å². The van der Waals surface area contributed by atoms with Gasteiger partial charge in [0, 0.05) is 42.7 Å². The second-order valence-electron chi connectivity index (χ2n) is 22.1. The van der Waals surface area contributed by atoms with Crippen molar-refractivity contribution in [2.45, 2.75) is 112 Å². The smallest absolute Gasteiger partial charge is 0.264 e. The Kier molecular flexibility index (Phi) is 7.53. The molecule has 0 N–H and O–H groups in total. The van der Waals surface area contributed by atoms with Crippen LogP contribution < -0.4 is 25.5 Å². The van der Waals surface area contributed by atoms with Crippen molar-refractivity contribution in [3.63, 3.8) is 0 Å². The monoisotopic (exact) mass is 801 g/mol. The summed E-state index contributed by atoms with van der Waals surface area (Å²) in [6.45, 7) is 30.4. The van der Waals surface area contributed by atoms with Gasteiger partial charge < -0.3 is 14.4 Å². The predicted molar refractivity (Wildman–Crippen MR) is 263 cm³/mol. The van der Waals surface area contributed by atoms with Gasteiger partial charge in [-0.2, -0.15) is 0 Å². The summed E-state index contributed by atoms with van der Waals surface area (Å²) >= 11 is 1.99. The average molecular weight is 802 g/mol. The van der Waals surface area contributed by atoms with Crippen LogP contribution in [0.5, 0.6) is 0 Å². The van der Waals surface area contributed by atoms with Gasteiger partial charge in [-0.1, -0.05) is 119 Å². The van der Waals surface area contributed by atoms with Crippen molar-refractivity contribution in [1.82, 2.24) is 4.57 Å². The van der Waals surface area contributed by atoms with Crippen LogP contribution in [0.1, 0.15) is 111 Å². The first-order chi connectivity index (χ1) is 28.2. The summed E-state index contributed by atoms with van der Waals surface area (Å²) in [7, 11) is 0. The normalized spacial score (nSPS) is 14.7. The van der Waals surface area contributed by atoms with Crippen molar-refractivity contribution in [2.24, 2.45) is 0 Å². The second kappa shape index (κ2) is 12.0. The quantitative estimate of drug-likeness (QED) is 0.153. The molecule has 5 heterocycles. The van der Waals surface area contributed by atoms with E-state index in [-0.39, 0.29) is 28.4 Å². The molecule has 60 heavy (non-hydrogen) atoms. The van der Waals surface area contributed by atoms with Crippen LogP contribution in [0.3, 0.4) is 0 Å². The number of rotatable bonds is 1. The molecule has 0 saturated heterocycles. The van der Waals surface area contributed by atoms with E-state index in [2.05, 4.69) is 208 Å². The van der Waals surface area contributed by atoms with Gasteiger partial charge in [0.1, 0.15) is 0 Å². The highest BCUT2D eigenvalue weighted by Gasteiger charge is 2.48. The minimum Gasteiger partial charge on any atom is -0.310 e. The van der Waals surface area contributed by atoms with Crippen LogP contribution in [-0.4, -0.2) is 11.3 Å². The number of thiophene rings is 1.